The minimum absolute atomic E-state index is 0.283. The van der Waals surface area contributed by atoms with Crippen LogP contribution in [0.15, 0.2) is 30.5 Å². The standard InChI is InChI=1S/C14H9Cl2N3O2S/c1-21-8-5-11-13(17-6-8)22-14(18-11)19-12(20)9-3-2-7(15)4-10(9)16/h2-6H,1H3,(H,18,19,20). The largest absolute Gasteiger partial charge is 0.495 e. The summed E-state index contributed by atoms with van der Waals surface area (Å²) in [5.41, 5.74) is 0.984. The van der Waals surface area contributed by atoms with Gasteiger partial charge in [0.05, 0.1) is 23.9 Å². The number of pyridine rings is 1. The molecule has 0 atom stereocenters. The van der Waals surface area contributed by atoms with Gasteiger partial charge >= 0.3 is 0 Å². The molecule has 0 spiro atoms. The Morgan fingerprint density at radius 1 is 1.32 bits per heavy atom. The van der Waals surface area contributed by atoms with Crippen LogP contribution >= 0.6 is 34.5 Å². The highest BCUT2D eigenvalue weighted by Gasteiger charge is 2.14. The Bertz CT molecular complexity index is 866. The molecule has 2 heterocycles. The molecule has 2 aromatic heterocycles. The molecule has 22 heavy (non-hydrogen) atoms. The fraction of sp³-hybridized carbons (Fsp3) is 0.0714. The van der Waals surface area contributed by atoms with Crippen molar-refractivity contribution in [1.29, 1.82) is 0 Å². The lowest BCUT2D eigenvalue weighted by atomic mass is 10.2. The van der Waals surface area contributed by atoms with Gasteiger partial charge in [0.2, 0.25) is 0 Å². The molecule has 112 valence electrons. The van der Waals surface area contributed by atoms with Crippen molar-refractivity contribution in [3.05, 3.63) is 46.1 Å². The van der Waals surface area contributed by atoms with Gasteiger partial charge in [-0.25, -0.2) is 9.97 Å². The molecular formula is C14H9Cl2N3O2S. The van der Waals surface area contributed by atoms with E-state index in [0.717, 1.165) is 0 Å². The molecule has 1 amide bonds. The van der Waals surface area contributed by atoms with Gasteiger partial charge in [-0.05, 0) is 18.2 Å². The normalized spacial score (nSPS) is 10.7. The molecule has 0 bridgehead atoms. The lowest BCUT2D eigenvalue weighted by molar-refractivity contribution is 0.102. The van der Waals surface area contributed by atoms with Crippen LogP contribution in [0, 0.1) is 0 Å². The van der Waals surface area contributed by atoms with E-state index in [1.54, 1.807) is 31.5 Å². The predicted octanol–water partition coefficient (Wildman–Crippen LogP) is 4.26. The van der Waals surface area contributed by atoms with Gasteiger partial charge in [0.1, 0.15) is 16.1 Å². The number of hydrogen-bond acceptors (Lipinski definition) is 5. The summed E-state index contributed by atoms with van der Waals surface area (Å²) in [5.74, 6) is 0.254. The summed E-state index contributed by atoms with van der Waals surface area (Å²) in [6.07, 6.45) is 1.60. The number of amides is 1. The summed E-state index contributed by atoms with van der Waals surface area (Å²) in [7, 11) is 1.56. The molecule has 8 heteroatoms. The maximum atomic E-state index is 12.2. The maximum absolute atomic E-state index is 12.2. The molecule has 3 aromatic rings. The Labute approximate surface area is 139 Å². The van der Waals surface area contributed by atoms with Crippen LogP contribution in [0.4, 0.5) is 5.13 Å². The number of carbonyl (C=O) groups is 1. The molecule has 0 saturated heterocycles. The lowest BCUT2D eigenvalue weighted by Gasteiger charge is -2.03. The van der Waals surface area contributed by atoms with Crippen molar-refractivity contribution < 1.29 is 9.53 Å². The van der Waals surface area contributed by atoms with Crippen LogP contribution in [0.1, 0.15) is 10.4 Å². The minimum Gasteiger partial charge on any atom is -0.495 e. The maximum Gasteiger partial charge on any atom is 0.258 e. The number of nitrogens with zero attached hydrogens (tertiary/aromatic N) is 2. The van der Waals surface area contributed by atoms with Crippen LogP contribution in [0.3, 0.4) is 0 Å². The number of benzene rings is 1. The van der Waals surface area contributed by atoms with E-state index in [1.807, 2.05) is 0 Å². The Morgan fingerprint density at radius 2 is 2.14 bits per heavy atom. The number of rotatable bonds is 3. The molecule has 1 aromatic carbocycles. The second-order valence-corrected chi connectivity index (χ2v) is 6.12. The number of carbonyl (C=O) groups excluding carboxylic acids is 1. The molecule has 0 radical (unpaired) electrons. The first kappa shape index (κ1) is 15.0. The van der Waals surface area contributed by atoms with E-state index in [9.17, 15) is 4.79 Å². The second-order valence-electron chi connectivity index (χ2n) is 4.30. The van der Waals surface area contributed by atoms with Crippen molar-refractivity contribution in [3.63, 3.8) is 0 Å². The van der Waals surface area contributed by atoms with E-state index in [4.69, 9.17) is 27.9 Å². The molecule has 0 aliphatic carbocycles. The van der Waals surface area contributed by atoms with E-state index in [0.29, 0.717) is 31.8 Å². The fourth-order valence-corrected chi connectivity index (χ4v) is 3.09. The van der Waals surface area contributed by atoms with Gasteiger partial charge in [0, 0.05) is 11.1 Å². The van der Waals surface area contributed by atoms with Crippen LogP contribution in [-0.2, 0) is 0 Å². The predicted molar refractivity (Wildman–Crippen MR) is 88.4 cm³/mol. The lowest BCUT2D eigenvalue weighted by Crippen LogP contribution is -2.12. The minimum atomic E-state index is -0.354. The van der Waals surface area contributed by atoms with E-state index in [2.05, 4.69) is 15.3 Å². The zero-order chi connectivity index (χ0) is 15.7. The number of anilines is 1. The number of hydrogen-bond donors (Lipinski definition) is 1. The summed E-state index contributed by atoms with van der Waals surface area (Å²) in [6, 6.07) is 6.44. The van der Waals surface area contributed by atoms with Crippen molar-refractivity contribution in [2.45, 2.75) is 0 Å². The molecular weight excluding hydrogens is 345 g/mol. The van der Waals surface area contributed by atoms with Gasteiger partial charge in [-0.1, -0.05) is 34.5 Å². The fourth-order valence-electron chi connectivity index (χ4n) is 1.81. The van der Waals surface area contributed by atoms with E-state index in [-0.39, 0.29) is 10.9 Å². The van der Waals surface area contributed by atoms with Crippen LogP contribution in [-0.4, -0.2) is 23.0 Å². The van der Waals surface area contributed by atoms with E-state index in [1.165, 1.54) is 17.4 Å². The number of ether oxygens (including phenoxy) is 1. The summed E-state index contributed by atoms with van der Waals surface area (Å²) in [5, 5.41) is 3.90. The Morgan fingerprint density at radius 3 is 2.86 bits per heavy atom. The summed E-state index contributed by atoms with van der Waals surface area (Å²) >= 11 is 13.1. The van der Waals surface area contributed by atoms with Gasteiger partial charge in [-0.2, -0.15) is 0 Å². The molecule has 0 aliphatic heterocycles. The third-order valence-corrected chi connectivity index (χ3v) is 4.30. The Balaban J connectivity index is 1.87. The zero-order valence-electron chi connectivity index (χ0n) is 11.3. The van der Waals surface area contributed by atoms with Crippen molar-refractivity contribution in [1.82, 2.24) is 9.97 Å². The topological polar surface area (TPSA) is 64.1 Å². The first-order chi connectivity index (χ1) is 10.6. The molecule has 3 rings (SSSR count). The molecule has 0 saturated carbocycles. The summed E-state index contributed by atoms with van der Waals surface area (Å²) < 4.78 is 5.09. The second kappa shape index (κ2) is 6.08. The third-order valence-electron chi connectivity index (χ3n) is 2.85. The molecule has 0 aliphatic rings. The van der Waals surface area contributed by atoms with Crippen molar-refractivity contribution >= 4 is 55.9 Å². The molecule has 5 nitrogen and oxygen atoms in total. The average molecular weight is 354 g/mol. The average Bonchev–Trinajstić information content (AvgIpc) is 2.87. The van der Waals surface area contributed by atoms with E-state index >= 15 is 0 Å². The Kier molecular flexibility index (Phi) is 4.15. The van der Waals surface area contributed by atoms with Gasteiger partial charge in [0.25, 0.3) is 5.91 Å². The monoisotopic (exact) mass is 353 g/mol. The van der Waals surface area contributed by atoms with Crippen LogP contribution < -0.4 is 10.1 Å². The summed E-state index contributed by atoms with van der Waals surface area (Å²) in [4.78, 5) is 21.5. The highest BCUT2D eigenvalue weighted by atomic mass is 35.5. The third kappa shape index (κ3) is 2.99. The number of nitrogens with one attached hydrogen (secondary N) is 1. The highest BCUT2D eigenvalue weighted by molar-refractivity contribution is 7.22. The van der Waals surface area contributed by atoms with Crippen LogP contribution in [0.2, 0.25) is 10.0 Å². The van der Waals surface area contributed by atoms with Gasteiger partial charge in [-0.3, -0.25) is 10.1 Å². The van der Waals surface area contributed by atoms with Gasteiger partial charge < -0.3 is 4.74 Å². The van der Waals surface area contributed by atoms with Gasteiger partial charge in [-0.15, -0.1) is 0 Å². The van der Waals surface area contributed by atoms with Crippen LogP contribution in [0.5, 0.6) is 5.75 Å². The SMILES string of the molecule is COc1cnc2sc(NC(=O)c3ccc(Cl)cc3Cl)nc2c1. The molecule has 0 fully saturated rings. The first-order valence-electron chi connectivity index (χ1n) is 6.14. The number of fused-ring (bicyclic) bond motifs is 1. The molecule has 1 N–H and O–H groups in total. The number of halogens is 2. The first-order valence-corrected chi connectivity index (χ1v) is 7.71. The van der Waals surface area contributed by atoms with Crippen LogP contribution in [0.25, 0.3) is 10.3 Å². The summed E-state index contributed by atoms with van der Waals surface area (Å²) in [6.45, 7) is 0. The van der Waals surface area contributed by atoms with Crippen molar-refractivity contribution in [2.24, 2.45) is 0 Å². The number of aromatic nitrogens is 2. The van der Waals surface area contributed by atoms with Gasteiger partial charge in [0.15, 0.2) is 5.13 Å². The zero-order valence-corrected chi connectivity index (χ0v) is 13.6. The van der Waals surface area contributed by atoms with Crippen molar-refractivity contribution in [2.75, 3.05) is 12.4 Å². The number of methoxy groups -OCH3 is 1. The molecule has 0 unspecified atom stereocenters. The van der Waals surface area contributed by atoms with E-state index < -0.39 is 0 Å². The quantitative estimate of drug-likeness (QED) is 0.763. The Hall–Kier alpha value is -1.89. The number of thiazole rings is 1. The van der Waals surface area contributed by atoms with Crippen molar-refractivity contribution in [3.8, 4) is 5.75 Å². The highest BCUT2D eigenvalue weighted by Crippen LogP contribution is 2.28. The smallest absolute Gasteiger partial charge is 0.258 e.